The number of rotatable bonds is 6. The average molecular weight is 382 g/mol. The molecule has 0 bridgehead atoms. The van der Waals surface area contributed by atoms with Crippen LogP contribution >= 0.6 is 0 Å². The molecule has 0 saturated heterocycles. The lowest BCUT2D eigenvalue weighted by Crippen LogP contribution is -2.46. The molecule has 0 spiro atoms. The summed E-state index contributed by atoms with van der Waals surface area (Å²) in [5.41, 5.74) is 1.37. The number of hydrogen-bond donors (Lipinski definition) is 2. The second-order valence-corrected chi connectivity index (χ2v) is 6.40. The van der Waals surface area contributed by atoms with Gasteiger partial charge < -0.3 is 20.1 Å². The normalized spacial score (nSPS) is 13.4. The summed E-state index contributed by atoms with van der Waals surface area (Å²) in [5.74, 6) is -0.913. The third kappa shape index (κ3) is 4.14. The van der Waals surface area contributed by atoms with E-state index in [1.807, 2.05) is 24.3 Å². The van der Waals surface area contributed by atoms with E-state index >= 15 is 0 Å². The van der Waals surface area contributed by atoms with E-state index in [1.165, 1.54) is 0 Å². The lowest BCUT2D eigenvalue weighted by Gasteiger charge is -2.26. The summed E-state index contributed by atoms with van der Waals surface area (Å²) in [7, 11) is 0. The number of likely N-dealkylation sites (N-methyl/N-ethyl adjacent to an activating group) is 1. The summed E-state index contributed by atoms with van der Waals surface area (Å²) in [5, 5.41) is 5.12. The van der Waals surface area contributed by atoms with Crippen LogP contribution in [0.5, 0.6) is 11.5 Å². The van der Waals surface area contributed by atoms with Crippen molar-refractivity contribution in [1.29, 1.82) is 0 Å². The van der Waals surface area contributed by atoms with E-state index in [-0.39, 0.29) is 5.91 Å². The number of ether oxygens (including phenoxy) is 2. The number of esters is 1. The first-order valence-electron chi connectivity index (χ1n) is 9.10. The standard InChI is InChI=1S/C21H22N2O5/c1-3-22-20(25)13(2)23-18(24)12-27-21(26)19-14-8-4-6-10-16(14)28-17-11-7-5-9-15(17)19/h4-11,13,19H,3,12H2,1-2H3,(H,22,25)(H,23,24)/t13-/m1/s1. The second-order valence-electron chi connectivity index (χ2n) is 6.40. The number of carbonyl (C=O) groups excluding carboxylic acids is 3. The Morgan fingerprint density at radius 3 is 2.18 bits per heavy atom. The number of amides is 2. The van der Waals surface area contributed by atoms with Crippen molar-refractivity contribution >= 4 is 17.8 Å². The van der Waals surface area contributed by atoms with Crippen molar-refractivity contribution in [2.24, 2.45) is 0 Å². The Kier molecular flexibility index (Phi) is 5.93. The Hall–Kier alpha value is -3.35. The number of nitrogens with one attached hydrogen (secondary N) is 2. The van der Waals surface area contributed by atoms with Gasteiger partial charge in [0, 0.05) is 17.7 Å². The molecule has 0 fully saturated rings. The van der Waals surface area contributed by atoms with Gasteiger partial charge >= 0.3 is 5.97 Å². The van der Waals surface area contributed by atoms with E-state index in [9.17, 15) is 14.4 Å². The molecule has 0 radical (unpaired) electrons. The van der Waals surface area contributed by atoms with Crippen molar-refractivity contribution in [3.63, 3.8) is 0 Å². The van der Waals surface area contributed by atoms with Gasteiger partial charge in [0.1, 0.15) is 23.5 Å². The smallest absolute Gasteiger partial charge is 0.318 e. The Labute approximate surface area is 163 Å². The highest BCUT2D eigenvalue weighted by molar-refractivity contribution is 5.90. The first kappa shape index (κ1) is 19.4. The highest BCUT2D eigenvalue weighted by atomic mass is 16.5. The molecule has 7 nitrogen and oxygen atoms in total. The zero-order valence-corrected chi connectivity index (χ0v) is 15.7. The molecule has 2 amide bonds. The number of carbonyl (C=O) groups is 3. The zero-order chi connectivity index (χ0) is 20.1. The largest absolute Gasteiger partial charge is 0.457 e. The molecule has 2 N–H and O–H groups in total. The fourth-order valence-corrected chi connectivity index (χ4v) is 3.06. The summed E-state index contributed by atoms with van der Waals surface area (Å²) in [6.07, 6.45) is 0. The van der Waals surface area contributed by atoms with E-state index in [4.69, 9.17) is 9.47 Å². The molecule has 3 rings (SSSR count). The molecule has 2 aromatic carbocycles. The van der Waals surface area contributed by atoms with Crippen molar-refractivity contribution in [1.82, 2.24) is 10.6 Å². The SMILES string of the molecule is CCNC(=O)[C@@H](C)NC(=O)COC(=O)C1c2ccccc2Oc2ccccc21. The van der Waals surface area contributed by atoms with Crippen LogP contribution in [0.25, 0.3) is 0 Å². The van der Waals surface area contributed by atoms with Gasteiger partial charge in [-0.3, -0.25) is 14.4 Å². The van der Waals surface area contributed by atoms with Crippen LogP contribution in [0.1, 0.15) is 30.9 Å². The summed E-state index contributed by atoms with van der Waals surface area (Å²) >= 11 is 0. The molecule has 0 aliphatic carbocycles. The van der Waals surface area contributed by atoms with Crippen LogP contribution < -0.4 is 15.4 Å². The highest BCUT2D eigenvalue weighted by Crippen LogP contribution is 2.44. The summed E-state index contributed by atoms with van der Waals surface area (Å²) in [6.45, 7) is 3.36. The predicted molar refractivity (Wildman–Crippen MR) is 102 cm³/mol. The third-order valence-corrected chi connectivity index (χ3v) is 4.38. The number of para-hydroxylation sites is 2. The van der Waals surface area contributed by atoms with Crippen LogP contribution in [0.3, 0.4) is 0 Å². The maximum atomic E-state index is 12.8. The van der Waals surface area contributed by atoms with E-state index in [1.54, 1.807) is 38.1 Å². The molecule has 1 atom stereocenters. The molecule has 1 aliphatic rings. The van der Waals surface area contributed by atoms with Crippen molar-refractivity contribution in [3.8, 4) is 11.5 Å². The summed E-state index contributed by atoms with van der Waals surface area (Å²) in [6, 6.07) is 13.7. The molecular weight excluding hydrogens is 360 g/mol. The molecule has 0 saturated carbocycles. The lowest BCUT2D eigenvalue weighted by molar-refractivity contribution is -0.149. The molecule has 0 aromatic heterocycles. The maximum absolute atomic E-state index is 12.8. The molecule has 1 heterocycles. The molecule has 7 heteroatoms. The minimum absolute atomic E-state index is 0.297. The topological polar surface area (TPSA) is 93.7 Å². The Morgan fingerprint density at radius 2 is 1.61 bits per heavy atom. The number of benzene rings is 2. The summed E-state index contributed by atoms with van der Waals surface area (Å²) < 4.78 is 11.1. The van der Waals surface area contributed by atoms with Gasteiger partial charge in [0.2, 0.25) is 5.91 Å². The highest BCUT2D eigenvalue weighted by Gasteiger charge is 2.34. The molecule has 2 aromatic rings. The van der Waals surface area contributed by atoms with Crippen LogP contribution in [0.4, 0.5) is 0 Å². The van der Waals surface area contributed by atoms with Crippen LogP contribution in [-0.2, 0) is 19.1 Å². The molecule has 146 valence electrons. The zero-order valence-electron chi connectivity index (χ0n) is 15.7. The number of hydrogen-bond acceptors (Lipinski definition) is 5. The van der Waals surface area contributed by atoms with Gasteiger partial charge in [0.05, 0.1) is 0 Å². The quantitative estimate of drug-likeness (QED) is 0.747. The minimum atomic E-state index is -0.712. The average Bonchev–Trinajstić information content (AvgIpc) is 2.70. The first-order valence-corrected chi connectivity index (χ1v) is 9.10. The van der Waals surface area contributed by atoms with Crippen molar-refractivity contribution in [3.05, 3.63) is 59.7 Å². The van der Waals surface area contributed by atoms with Crippen molar-refractivity contribution < 1.29 is 23.9 Å². The van der Waals surface area contributed by atoms with Crippen LogP contribution in [-0.4, -0.2) is 37.0 Å². The fourth-order valence-electron chi connectivity index (χ4n) is 3.06. The van der Waals surface area contributed by atoms with Crippen LogP contribution in [0.15, 0.2) is 48.5 Å². The Bertz CT molecular complexity index is 850. The summed E-state index contributed by atoms with van der Waals surface area (Å²) in [4.78, 5) is 36.6. The number of fused-ring (bicyclic) bond motifs is 2. The van der Waals surface area contributed by atoms with Crippen LogP contribution in [0, 0.1) is 0 Å². The Balaban J connectivity index is 1.70. The van der Waals surface area contributed by atoms with E-state index in [2.05, 4.69) is 10.6 Å². The van der Waals surface area contributed by atoms with Gasteiger partial charge in [0.25, 0.3) is 5.91 Å². The molecule has 28 heavy (non-hydrogen) atoms. The van der Waals surface area contributed by atoms with Gasteiger partial charge in [-0.2, -0.15) is 0 Å². The van der Waals surface area contributed by atoms with Gasteiger partial charge in [-0.15, -0.1) is 0 Å². The monoisotopic (exact) mass is 382 g/mol. The molecular formula is C21H22N2O5. The first-order chi connectivity index (χ1) is 13.5. The minimum Gasteiger partial charge on any atom is -0.457 e. The second kappa shape index (κ2) is 8.56. The van der Waals surface area contributed by atoms with Crippen molar-refractivity contribution in [2.75, 3.05) is 13.2 Å². The van der Waals surface area contributed by atoms with Gasteiger partial charge in [0.15, 0.2) is 6.61 Å². The maximum Gasteiger partial charge on any atom is 0.318 e. The van der Waals surface area contributed by atoms with Gasteiger partial charge in [-0.05, 0) is 26.0 Å². The van der Waals surface area contributed by atoms with Crippen LogP contribution in [0.2, 0.25) is 0 Å². The molecule has 1 aliphatic heterocycles. The van der Waals surface area contributed by atoms with E-state index in [0.717, 1.165) is 0 Å². The predicted octanol–water partition coefficient (Wildman–Crippen LogP) is 2.11. The van der Waals surface area contributed by atoms with Crippen molar-refractivity contribution in [2.45, 2.75) is 25.8 Å². The molecule has 0 unspecified atom stereocenters. The van der Waals surface area contributed by atoms with Gasteiger partial charge in [-0.1, -0.05) is 36.4 Å². The fraction of sp³-hybridized carbons (Fsp3) is 0.286. The van der Waals surface area contributed by atoms with Gasteiger partial charge in [-0.25, -0.2) is 0 Å². The Morgan fingerprint density at radius 1 is 1.04 bits per heavy atom. The third-order valence-electron chi connectivity index (χ3n) is 4.38. The lowest BCUT2D eigenvalue weighted by atomic mass is 9.88. The van der Waals surface area contributed by atoms with E-state index in [0.29, 0.717) is 29.2 Å². The van der Waals surface area contributed by atoms with E-state index < -0.39 is 30.4 Å².